The standard InChI is InChI=1S/C16H20FNO3/c1-10(16(20)21)9-18(14-6-7-14)15(19)11(2)12-4-3-5-13(17)8-12/h3-5,8,10-11,14H,6-7,9H2,1-2H3,(H,20,21)/t10-,11-/m0/s1. The number of nitrogens with zero attached hydrogens (tertiary/aromatic N) is 1. The molecule has 0 aromatic heterocycles. The van der Waals surface area contributed by atoms with Gasteiger partial charge in [0.25, 0.3) is 0 Å². The van der Waals surface area contributed by atoms with Gasteiger partial charge >= 0.3 is 5.97 Å². The molecular weight excluding hydrogens is 273 g/mol. The van der Waals surface area contributed by atoms with Crippen molar-refractivity contribution in [1.82, 2.24) is 4.90 Å². The van der Waals surface area contributed by atoms with Crippen LogP contribution >= 0.6 is 0 Å². The van der Waals surface area contributed by atoms with Gasteiger partial charge in [0.2, 0.25) is 5.91 Å². The molecule has 1 amide bonds. The molecule has 1 aromatic carbocycles. The highest BCUT2D eigenvalue weighted by atomic mass is 19.1. The molecule has 1 fully saturated rings. The summed E-state index contributed by atoms with van der Waals surface area (Å²) in [7, 11) is 0. The number of rotatable bonds is 6. The van der Waals surface area contributed by atoms with Crippen LogP contribution < -0.4 is 0 Å². The smallest absolute Gasteiger partial charge is 0.308 e. The van der Waals surface area contributed by atoms with E-state index in [4.69, 9.17) is 5.11 Å². The molecule has 0 unspecified atom stereocenters. The molecule has 1 aliphatic rings. The molecule has 114 valence electrons. The molecule has 0 radical (unpaired) electrons. The van der Waals surface area contributed by atoms with Crippen molar-refractivity contribution in [2.45, 2.75) is 38.6 Å². The Hall–Kier alpha value is -1.91. The van der Waals surface area contributed by atoms with Crippen LogP contribution in [0.4, 0.5) is 4.39 Å². The molecule has 1 N–H and O–H groups in total. The fourth-order valence-corrected chi connectivity index (χ4v) is 2.35. The Balaban J connectivity index is 2.12. The molecule has 0 saturated heterocycles. The summed E-state index contributed by atoms with van der Waals surface area (Å²) in [6.07, 6.45) is 1.82. The molecule has 1 aromatic rings. The normalized spacial score (nSPS) is 17.1. The molecule has 5 heteroatoms. The maximum atomic E-state index is 13.3. The van der Waals surface area contributed by atoms with Crippen LogP contribution in [0.3, 0.4) is 0 Å². The van der Waals surface area contributed by atoms with Crippen molar-refractivity contribution in [3.63, 3.8) is 0 Å². The van der Waals surface area contributed by atoms with Crippen molar-refractivity contribution in [3.8, 4) is 0 Å². The van der Waals surface area contributed by atoms with E-state index in [-0.39, 0.29) is 24.3 Å². The summed E-state index contributed by atoms with van der Waals surface area (Å²) in [6.45, 7) is 3.54. The van der Waals surface area contributed by atoms with Crippen LogP contribution in [0, 0.1) is 11.7 Å². The highest BCUT2D eigenvalue weighted by Gasteiger charge is 2.36. The maximum Gasteiger partial charge on any atom is 0.308 e. The minimum Gasteiger partial charge on any atom is -0.481 e. The van der Waals surface area contributed by atoms with Gasteiger partial charge in [-0.05, 0) is 37.5 Å². The summed E-state index contributed by atoms with van der Waals surface area (Å²) in [4.78, 5) is 25.2. The summed E-state index contributed by atoms with van der Waals surface area (Å²) in [6, 6.07) is 6.13. The van der Waals surface area contributed by atoms with Gasteiger partial charge in [0.15, 0.2) is 0 Å². The Morgan fingerprint density at radius 2 is 2.05 bits per heavy atom. The first-order valence-electron chi connectivity index (χ1n) is 7.19. The van der Waals surface area contributed by atoms with Crippen molar-refractivity contribution in [2.75, 3.05) is 6.54 Å². The first kappa shape index (κ1) is 15.5. The quantitative estimate of drug-likeness (QED) is 0.877. The van der Waals surface area contributed by atoms with Crippen molar-refractivity contribution in [1.29, 1.82) is 0 Å². The third kappa shape index (κ3) is 3.80. The topological polar surface area (TPSA) is 57.6 Å². The SMILES string of the molecule is C[C@H](C(=O)N(C[C@H](C)C(=O)O)C1CC1)c1cccc(F)c1. The Labute approximate surface area is 123 Å². The lowest BCUT2D eigenvalue weighted by molar-refractivity contribution is -0.143. The number of benzene rings is 1. The van der Waals surface area contributed by atoms with E-state index in [2.05, 4.69) is 0 Å². The number of aliphatic carboxylic acids is 1. The van der Waals surface area contributed by atoms with Crippen molar-refractivity contribution in [3.05, 3.63) is 35.6 Å². The molecule has 2 rings (SSSR count). The van der Waals surface area contributed by atoms with Gasteiger partial charge in [0.1, 0.15) is 5.82 Å². The number of amides is 1. The van der Waals surface area contributed by atoms with E-state index in [0.717, 1.165) is 12.8 Å². The summed E-state index contributed by atoms with van der Waals surface area (Å²) in [5.41, 5.74) is 0.619. The Bertz CT molecular complexity index is 542. The van der Waals surface area contributed by atoms with E-state index < -0.39 is 17.8 Å². The van der Waals surface area contributed by atoms with Gasteiger partial charge < -0.3 is 10.0 Å². The lowest BCUT2D eigenvalue weighted by Crippen LogP contribution is -2.40. The lowest BCUT2D eigenvalue weighted by atomic mass is 9.99. The highest BCUT2D eigenvalue weighted by molar-refractivity contribution is 5.84. The number of carbonyl (C=O) groups is 2. The van der Waals surface area contributed by atoms with Crippen molar-refractivity contribution >= 4 is 11.9 Å². The second-order valence-corrected chi connectivity index (χ2v) is 5.74. The summed E-state index contributed by atoms with van der Waals surface area (Å²) in [5, 5.41) is 9.02. The van der Waals surface area contributed by atoms with E-state index in [1.54, 1.807) is 30.9 Å². The summed E-state index contributed by atoms with van der Waals surface area (Å²) >= 11 is 0. The zero-order chi connectivity index (χ0) is 15.6. The average Bonchev–Trinajstić information content (AvgIpc) is 3.27. The molecule has 0 bridgehead atoms. The van der Waals surface area contributed by atoms with Gasteiger partial charge in [-0.3, -0.25) is 9.59 Å². The van der Waals surface area contributed by atoms with Crippen LogP contribution in [0.2, 0.25) is 0 Å². The van der Waals surface area contributed by atoms with Crippen molar-refractivity contribution < 1.29 is 19.1 Å². The van der Waals surface area contributed by atoms with Crippen LogP contribution in [-0.2, 0) is 9.59 Å². The Morgan fingerprint density at radius 3 is 2.57 bits per heavy atom. The molecule has 0 aliphatic heterocycles. The Morgan fingerprint density at radius 1 is 1.38 bits per heavy atom. The monoisotopic (exact) mass is 293 g/mol. The van der Waals surface area contributed by atoms with Crippen LogP contribution in [-0.4, -0.2) is 34.5 Å². The minimum absolute atomic E-state index is 0.129. The molecule has 4 nitrogen and oxygen atoms in total. The summed E-state index contributed by atoms with van der Waals surface area (Å²) < 4.78 is 13.3. The van der Waals surface area contributed by atoms with Crippen LogP contribution in [0.25, 0.3) is 0 Å². The van der Waals surface area contributed by atoms with E-state index in [0.29, 0.717) is 5.56 Å². The lowest BCUT2D eigenvalue weighted by Gasteiger charge is -2.27. The van der Waals surface area contributed by atoms with E-state index in [9.17, 15) is 14.0 Å². The van der Waals surface area contributed by atoms with Gasteiger partial charge in [0.05, 0.1) is 11.8 Å². The average molecular weight is 293 g/mol. The fraction of sp³-hybridized carbons (Fsp3) is 0.500. The first-order chi connectivity index (χ1) is 9.90. The molecule has 1 saturated carbocycles. The van der Waals surface area contributed by atoms with E-state index in [1.807, 2.05) is 0 Å². The first-order valence-corrected chi connectivity index (χ1v) is 7.19. The van der Waals surface area contributed by atoms with Crippen molar-refractivity contribution in [2.24, 2.45) is 5.92 Å². The fourth-order valence-electron chi connectivity index (χ4n) is 2.35. The maximum absolute atomic E-state index is 13.3. The number of hydrogen-bond donors (Lipinski definition) is 1. The molecule has 0 heterocycles. The number of halogens is 1. The second-order valence-electron chi connectivity index (χ2n) is 5.74. The molecule has 2 atom stereocenters. The zero-order valence-corrected chi connectivity index (χ0v) is 12.3. The van der Waals surface area contributed by atoms with Gasteiger partial charge in [-0.15, -0.1) is 0 Å². The largest absolute Gasteiger partial charge is 0.481 e. The number of hydrogen-bond acceptors (Lipinski definition) is 2. The number of carboxylic acid groups (broad SMARTS) is 1. The Kier molecular flexibility index (Phi) is 4.60. The summed E-state index contributed by atoms with van der Waals surface area (Å²) in [5.74, 6) is -2.48. The molecule has 21 heavy (non-hydrogen) atoms. The predicted octanol–water partition coefficient (Wildman–Crippen LogP) is 2.64. The number of carbonyl (C=O) groups excluding carboxylic acids is 1. The van der Waals surface area contributed by atoms with Crippen LogP contribution in [0.5, 0.6) is 0 Å². The van der Waals surface area contributed by atoms with E-state index >= 15 is 0 Å². The second kappa shape index (κ2) is 6.24. The van der Waals surface area contributed by atoms with Gasteiger partial charge in [-0.25, -0.2) is 4.39 Å². The van der Waals surface area contributed by atoms with Gasteiger partial charge in [-0.1, -0.05) is 19.1 Å². The minimum atomic E-state index is -0.910. The van der Waals surface area contributed by atoms with Crippen LogP contribution in [0.1, 0.15) is 38.2 Å². The molecule has 0 spiro atoms. The highest BCUT2D eigenvalue weighted by Crippen LogP contribution is 2.31. The molecule has 1 aliphatic carbocycles. The molecular formula is C16H20FNO3. The van der Waals surface area contributed by atoms with Gasteiger partial charge in [0, 0.05) is 12.6 Å². The van der Waals surface area contributed by atoms with Crippen LogP contribution in [0.15, 0.2) is 24.3 Å². The van der Waals surface area contributed by atoms with Gasteiger partial charge in [-0.2, -0.15) is 0 Å². The third-order valence-corrected chi connectivity index (χ3v) is 3.88. The van der Waals surface area contributed by atoms with E-state index in [1.165, 1.54) is 12.1 Å². The zero-order valence-electron chi connectivity index (χ0n) is 12.3. The predicted molar refractivity (Wildman–Crippen MR) is 76.3 cm³/mol. The number of carboxylic acids is 1. The third-order valence-electron chi connectivity index (χ3n) is 3.88.